The van der Waals surface area contributed by atoms with E-state index in [1.807, 2.05) is 36.4 Å². The molecular formula is C23H23BrN2O4S. The molecule has 0 saturated carbocycles. The third-order valence-electron chi connectivity index (χ3n) is 4.76. The van der Waals surface area contributed by atoms with Gasteiger partial charge in [-0.15, -0.1) is 0 Å². The number of aryl methyl sites for hydroxylation is 1. The van der Waals surface area contributed by atoms with Crippen LogP contribution in [-0.2, 0) is 19.6 Å². The third-order valence-corrected chi connectivity index (χ3v) is 6.78. The summed E-state index contributed by atoms with van der Waals surface area (Å²) in [4.78, 5) is 12.0. The standard InChI is InChI=1S/C23H23BrN2O4S/c1-16-8-6-7-11-21(16)31(28,29)26-20-13-12-18(24)14-19(20)23(25-15-22(27)30-2)17-9-4-3-5-10-17/h3-14,23,25-26H,15H2,1-2H3. The molecule has 1 atom stereocenters. The first-order chi connectivity index (χ1) is 14.8. The fraction of sp³-hybridized carbons (Fsp3) is 0.174. The Morgan fingerprint density at radius 3 is 2.39 bits per heavy atom. The maximum absolute atomic E-state index is 13.1. The van der Waals surface area contributed by atoms with Crippen molar-refractivity contribution in [2.75, 3.05) is 18.4 Å². The van der Waals surface area contributed by atoms with Gasteiger partial charge in [0, 0.05) is 4.47 Å². The molecule has 0 radical (unpaired) electrons. The quantitative estimate of drug-likeness (QED) is 0.445. The smallest absolute Gasteiger partial charge is 0.319 e. The van der Waals surface area contributed by atoms with Crippen LogP contribution >= 0.6 is 15.9 Å². The second kappa shape index (κ2) is 10.1. The van der Waals surface area contributed by atoms with Gasteiger partial charge in [-0.1, -0.05) is 64.5 Å². The summed E-state index contributed by atoms with van der Waals surface area (Å²) in [6, 6.07) is 21.1. The zero-order valence-electron chi connectivity index (χ0n) is 17.1. The maximum Gasteiger partial charge on any atom is 0.319 e. The molecule has 3 aromatic rings. The molecule has 1 unspecified atom stereocenters. The van der Waals surface area contributed by atoms with Crippen molar-refractivity contribution in [3.05, 3.63) is 94.0 Å². The van der Waals surface area contributed by atoms with Crippen molar-refractivity contribution in [2.45, 2.75) is 17.9 Å². The first-order valence-corrected chi connectivity index (χ1v) is 11.8. The molecule has 3 rings (SSSR count). The Bertz CT molecular complexity index is 1170. The lowest BCUT2D eigenvalue weighted by Crippen LogP contribution is -2.30. The average Bonchev–Trinajstić information content (AvgIpc) is 2.76. The first-order valence-electron chi connectivity index (χ1n) is 9.55. The van der Waals surface area contributed by atoms with E-state index < -0.39 is 22.0 Å². The minimum atomic E-state index is -3.82. The molecule has 2 N–H and O–H groups in total. The van der Waals surface area contributed by atoms with Crippen LogP contribution in [-0.4, -0.2) is 28.0 Å². The van der Waals surface area contributed by atoms with E-state index in [1.165, 1.54) is 7.11 Å². The van der Waals surface area contributed by atoms with Crippen molar-refractivity contribution in [2.24, 2.45) is 0 Å². The Balaban J connectivity index is 2.05. The molecule has 0 heterocycles. The number of hydrogen-bond donors (Lipinski definition) is 2. The highest BCUT2D eigenvalue weighted by Crippen LogP contribution is 2.33. The SMILES string of the molecule is COC(=O)CNC(c1ccccc1)c1cc(Br)ccc1NS(=O)(=O)c1ccccc1C. The van der Waals surface area contributed by atoms with Crippen LogP contribution in [0, 0.1) is 6.92 Å². The number of benzene rings is 3. The van der Waals surface area contributed by atoms with E-state index in [4.69, 9.17) is 4.74 Å². The predicted octanol–water partition coefficient (Wildman–Crippen LogP) is 4.41. The van der Waals surface area contributed by atoms with Gasteiger partial charge in [-0.25, -0.2) is 8.42 Å². The van der Waals surface area contributed by atoms with E-state index in [-0.39, 0.29) is 11.4 Å². The highest BCUT2D eigenvalue weighted by Gasteiger charge is 2.23. The largest absolute Gasteiger partial charge is 0.468 e. The van der Waals surface area contributed by atoms with Crippen LogP contribution in [0.5, 0.6) is 0 Å². The minimum absolute atomic E-state index is 0.0352. The number of halogens is 1. The predicted molar refractivity (Wildman–Crippen MR) is 124 cm³/mol. The highest BCUT2D eigenvalue weighted by atomic mass is 79.9. The van der Waals surface area contributed by atoms with Gasteiger partial charge in [0.05, 0.1) is 30.3 Å². The molecule has 0 aliphatic heterocycles. The van der Waals surface area contributed by atoms with Crippen LogP contribution < -0.4 is 10.0 Å². The monoisotopic (exact) mass is 502 g/mol. The van der Waals surface area contributed by atoms with Crippen molar-refractivity contribution in [1.82, 2.24) is 5.32 Å². The summed E-state index contributed by atoms with van der Waals surface area (Å²) in [5, 5.41) is 3.18. The minimum Gasteiger partial charge on any atom is -0.468 e. The fourth-order valence-corrected chi connectivity index (χ4v) is 4.95. The fourth-order valence-electron chi connectivity index (χ4n) is 3.23. The molecule has 0 aliphatic rings. The lowest BCUT2D eigenvalue weighted by Gasteiger charge is -2.23. The zero-order chi connectivity index (χ0) is 22.4. The number of methoxy groups -OCH3 is 1. The normalized spacial score (nSPS) is 12.2. The molecule has 0 aliphatic carbocycles. The van der Waals surface area contributed by atoms with Crippen molar-refractivity contribution < 1.29 is 17.9 Å². The summed E-state index contributed by atoms with van der Waals surface area (Å²) in [5.74, 6) is -0.419. The van der Waals surface area contributed by atoms with Gasteiger partial charge in [-0.3, -0.25) is 14.8 Å². The molecule has 0 amide bonds. The van der Waals surface area contributed by atoms with Gasteiger partial charge >= 0.3 is 5.97 Å². The van der Waals surface area contributed by atoms with E-state index in [9.17, 15) is 13.2 Å². The van der Waals surface area contributed by atoms with Crippen LogP contribution in [0.25, 0.3) is 0 Å². The van der Waals surface area contributed by atoms with Crippen LogP contribution in [0.15, 0.2) is 82.2 Å². The molecule has 0 spiro atoms. The summed E-state index contributed by atoms with van der Waals surface area (Å²) in [7, 11) is -2.49. The van der Waals surface area contributed by atoms with Crippen LogP contribution in [0.2, 0.25) is 0 Å². The molecule has 31 heavy (non-hydrogen) atoms. The topological polar surface area (TPSA) is 84.5 Å². The highest BCUT2D eigenvalue weighted by molar-refractivity contribution is 9.10. The molecule has 8 heteroatoms. The van der Waals surface area contributed by atoms with Crippen LogP contribution in [0.3, 0.4) is 0 Å². The maximum atomic E-state index is 13.1. The Labute approximate surface area is 190 Å². The lowest BCUT2D eigenvalue weighted by molar-refractivity contribution is -0.139. The number of rotatable bonds is 8. The second-order valence-electron chi connectivity index (χ2n) is 6.90. The number of esters is 1. The second-order valence-corrected chi connectivity index (χ2v) is 9.47. The van der Waals surface area contributed by atoms with Gasteiger partial charge in [0.25, 0.3) is 10.0 Å². The molecule has 6 nitrogen and oxygen atoms in total. The number of ether oxygens (including phenoxy) is 1. The van der Waals surface area contributed by atoms with Crippen molar-refractivity contribution in [3.8, 4) is 0 Å². The molecule has 0 bridgehead atoms. The zero-order valence-corrected chi connectivity index (χ0v) is 19.5. The Morgan fingerprint density at radius 1 is 1.03 bits per heavy atom. The van der Waals surface area contributed by atoms with E-state index in [1.54, 1.807) is 43.3 Å². The molecule has 162 valence electrons. The molecular weight excluding hydrogens is 480 g/mol. The average molecular weight is 503 g/mol. The Kier molecular flexibility index (Phi) is 7.48. The van der Waals surface area contributed by atoms with Crippen molar-refractivity contribution in [3.63, 3.8) is 0 Å². The van der Waals surface area contributed by atoms with Crippen LogP contribution in [0.1, 0.15) is 22.7 Å². The summed E-state index contributed by atoms with van der Waals surface area (Å²) in [5.41, 5.74) is 2.61. The van der Waals surface area contributed by atoms with Gasteiger partial charge in [-0.05, 0) is 47.9 Å². The molecule has 0 fully saturated rings. The van der Waals surface area contributed by atoms with Crippen molar-refractivity contribution >= 4 is 37.6 Å². The third kappa shape index (κ3) is 5.72. The number of anilines is 1. The van der Waals surface area contributed by atoms with Gasteiger partial charge in [0.15, 0.2) is 0 Å². The lowest BCUT2D eigenvalue weighted by atomic mass is 9.97. The number of hydrogen-bond acceptors (Lipinski definition) is 5. The number of carbonyl (C=O) groups excluding carboxylic acids is 1. The Morgan fingerprint density at radius 2 is 1.71 bits per heavy atom. The van der Waals surface area contributed by atoms with Crippen LogP contribution in [0.4, 0.5) is 5.69 Å². The number of nitrogens with one attached hydrogen (secondary N) is 2. The molecule has 0 aromatic heterocycles. The van der Waals surface area contributed by atoms with E-state index >= 15 is 0 Å². The first kappa shape index (κ1) is 23.0. The summed E-state index contributed by atoms with van der Waals surface area (Å²) >= 11 is 3.47. The number of sulfonamides is 1. The molecule has 0 saturated heterocycles. The number of carbonyl (C=O) groups is 1. The summed E-state index contributed by atoms with van der Waals surface area (Å²) in [6.07, 6.45) is 0. The Hall–Kier alpha value is -2.68. The van der Waals surface area contributed by atoms with E-state index in [0.29, 0.717) is 16.8 Å². The van der Waals surface area contributed by atoms with Gasteiger partial charge in [0.1, 0.15) is 0 Å². The van der Waals surface area contributed by atoms with Crippen molar-refractivity contribution in [1.29, 1.82) is 0 Å². The van der Waals surface area contributed by atoms with Gasteiger partial charge in [-0.2, -0.15) is 0 Å². The van der Waals surface area contributed by atoms with E-state index in [2.05, 4.69) is 26.0 Å². The van der Waals surface area contributed by atoms with E-state index in [0.717, 1.165) is 10.0 Å². The van der Waals surface area contributed by atoms with Gasteiger partial charge in [0.2, 0.25) is 0 Å². The van der Waals surface area contributed by atoms with Gasteiger partial charge < -0.3 is 4.74 Å². The summed E-state index contributed by atoms with van der Waals surface area (Å²) in [6.45, 7) is 1.72. The molecule has 3 aromatic carbocycles. The summed E-state index contributed by atoms with van der Waals surface area (Å²) < 4.78 is 34.5.